The molecule has 0 aliphatic rings. The third-order valence-corrected chi connectivity index (χ3v) is 6.67. The Balaban J connectivity index is 0.00000432. The summed E-state index contributed by atoms with van der Waals surface area (Å²) in [7, 11) is -3.95. The van der Waals surface area contributed by atoms with Crippen molar-refractivity contribution in [2.45, 2.75) is 18.2 Å². The smallest absolute Gasteiger partial charge is 0.494 e. The molecule has 0 saturated carbocycles. The maximum Gasteiger partial charge on any atom is 1.00 e. The molecular weight excluding hydrogens is 530 g/mol. The van der Waals surface area contributed by atoms with Gasteiger partial charge in [0.05, 0.1) is 10.6 Å². The number of nitrogens with two attached hydrogens (primary N) is 2. The topological polar surface area (TPSA) is 138 Å². The number of hydrogen-bond donors (Lipinski definition) is 3. The molecular formula is C24H21BrFLiN4O3S. The van der Waals surface area contributed by atoms with Gasteiger partial charge in [0.2, 0.25) is 10.0 Å². The summed E-state index contributed by atoms with van der Waals surface area (Å²) in [5.41, 5.74) is 7.50. The van der Waals surface area contributed by atoms with Crippen LogP contribution in [0.15, 0.2) is 81.9 Å². The molecule has 0 saturated heterocycles. The molecule has 5 N–H and O–H groups in total. The predicted octanol–water partition coefficient (Wildman–Crippen LogP) is 1.77. The van der Waals surface area contributed by atoms with Crippen LogP contribution in [0, 0.1) is 0 Å². The monoisotopic (exact) mass is 550 g/mol. The minimum Gasteiger partial charge on any atom is -0.494 e. The molecule has 11 heteroatoms. The molecule has 0 fully saturated rings. The number of amidine groups is 1. The van der Waals surface area contributed by atoms with E-state index in [1.807, 2.05) is 0 Å². The van der Waals surface area contributed by atoms with Crippen molar-refractivity contribution in [3.63, 3.8) is 0 Å². The second-order valence-electron chi connectivity index (χ2n) is 7.30. The molecule has 0 aliphatic heterocycles. The first-order valence-corrected chi connectivity index (χ1v) is 12.4. The van der Waals surface area contributed by atoms with Crippen molar-refractivity contribution in [2.24, 2.45) is 10.9 Å². The number of nitrogens with zero attached hydrogens (tertiary/aromatic N) is 1. The number of nitrogens with one attached hydrogen (secondary N) is 1. The molecule has 3 rings (SSSR count). The number of carbonyl (C=O) groups is 1. The minimum absolute atomic E-state index is 0. The number of primary sulfonamides is 1. The van der Waals surface area contributed by atoms with E-state index in [9.17, 15) is 18.6 Å². The normalized spacial score (nSPS) is 11.8. The Morgan fingerprint density at radius 1 is 1.06 bits per heavy atom. The van der Waals surface area contributed by atoms with Gasteiger partial charge in [-0.2, -0.15) is 0 Å². The molecule has 0 atom stereocenters. The third kappa shape index (κ3) is 6.69. The quantitative estimate of drug-likeness (QED) is 0.178. The zero-order valence-electron chi connectivity index (χ0n) is 19.0. The number of hydrogen-bond acceptors (Lipinski definition) is 3. The summed E-state index contributed by atoms with van der Waals surface area (Å²) >= 11 is 3.34. The molecule has 35 heavy (non-hydrogen) atoms. The standard InChI is InChI=1S/C24H21BrFN4O3S.Li/c1-2-17(14-6-5-7-16(12-14)23(27)28)22(26)24(31)30-20-11-10-15(13-19(20)25)18-8-3-4-9-21(18)34(29,32)33;/h3-13H,2H2,1H3,(H5-,27,28,29,30,31,32,33);/q-1;+1/b22-17+;. The average Bonchev–Trinajstić information content (AvgIpc) is 2.80. The maximum atomic E-state index is 15.1. The van der Waals surface area contributed by atoms with E-state index in [1.54, 1.807) is 55.5 Å². The number of sulfonamides is 1. The Kier molecular flexibility index (Phi) is 9.60. The minimum atomic E-state index is -3.95. The van der Waals surface area contributed by atoms with Crippen LogP contribution in [0.2, 0.25) is 0 Å². The van der Waals surface area contributed by atoms with Crippen molar-refractivity contribution in [1.29, 1.82) is 0 Å². The van der Waals surface area contributed by atoms with E-state index in [-0.39, 0.29) is 41.4 Å². The van der Waals surface area contributed by atoms with Crippen LogP contribution >= 0.6 is 15.9 Å². The molecule has 176 valence electrons. The van der Waals surface area contributed by atoms with Crippen LogP contribution in [0.4, 0.5) is 10.1 Å². The summed E-state index contributed by atoms with van der Waals surface area (Å²) in [5.74, 6) is -2.34. The van der Waals surface area contributed by atoms with Gasteiger partial charge in [0, 0.05) is 15.6 Å². The van der Waals surface area contributed by atoms with Crippen LogP contribution in [-0.2, 0) is 14.8 Å². The Hall–Kier alpha value is -2.74. The van der Waals surface area contributed by atoms with E-state index in [0.29, 0.717) is 26.7 Å². The van der Waals surface area contributed by atoms with Crippen LogP contribution in [0.1, 0.15) is 24.5 Å². The second-order valence-corrected chi connectivity index (χ2v) is 9.69. The SMILES string of the molecule is CC/C(=C(\F)C(=O)Nc1ccc(-c2ccccc2S(N)(=O)=O)cc1Br)c1cccc(C(=[N-])N)c1.[Li+]. The number of rotatable bonds is 7. The number of carbonyl (C=O) groups excluding carboxylic acids is 1. The van der Waals surface area contributed by atoms with Crippen LogP contribution in [0.5, 0.6) is 0 Å². The summed E-state index contributed by atoms with van der Waals surface area (Å²) in [6.45, 7) is 1.70. The molecule has 0 aliphatic carbocycles. The molecule has 0 aromatic heterocycles. The van der Waals surface area contributed by atoms with Gasteiger partial charge < -0.3 is 16.5 Å². The molecule has 0 heterocycles. The van der Waals surface area contributed by atoms with E-state index < -0.39 is 27.6 Å². The van der Waals surface area contributed by atoms with E-state index in [1.165, 1.54) is 18.2 Å². The van der Waals surface area contributed by atoms with Crippen molar-refractivity contribution in [1.82, 2.24) is 0 Å². The number of benzene rings is 3. The van der Waals surface area contributed by atoms with Gasteiger partial charge >= 0.3 is 18.9 Å². The van der Waals surface area contributed by atoms with Crippen LogP contribution in [0.3, 0.4) is 0 Å². The van der Waals surface area contributed by atoms with E-state index in [4.69, 9.17) is 10.9 Å². The largest absolute Gasteiger partial charge is 1.00 e. The van der Waals surface area contributed by atoms with Gasteiger partial charge in [0.1, 0.15) is 0 Å². The fourth-order valence-corrected chi connectivity index (χ4v) is 4.64. The predicted molar refractivity (Wildman–Crippen MR) is 136 cm³/mol. The third-order valence-electron chi connectivity index (χ3n) is 5.05. The van der Waals surface area contributed by atoms with Gasteiger partial charge in [-0.1, -0.05) is 55.2 Å². The van der Waals surface area contributed by atoms with Crippen molar-refractivity contribution < 1.29 is 36.5 Å². The molecule has 0 spiro atoms. The van der Waals surface area contributed by atoms with Gasteiger partial charge in [-0.3, -0.25) is 4.79 Å². The van der Waals surface area contributed by atoms with E-state index in [2.05, 4.69) is 21.2 Å². The van der Waals surface area contributed by atoms with Crippen molar-refractivity contribution in [3.05, 3.63) is 93.6 Å². The Morgan fingerprint density at radius 2 is 1.71 bits per heavy atom. The zero-order chi connectivity index (χ0) is 25.0. The Labute approximate surface area is 223 Å². The Morgan fingerprint density at radius 3 is 2.31 bits per heavy atom. The van der Waals surface area contributed by atoms with Gasteiger partial charge in [0.15, 0.2) is 5.83 Å². The molecule has 0 radical (unpaired) electrons. The van der Waals surface area contributed by atoms with Crippen molar-refractivity contribution >= 4 is 49.0 Å². The number of amides is 1. The molecule has 0 bridgehead atoms. The van der Waals surface area contributed by atoms with E-state index in [0.717, 1.165) is 0 Å². The first-order valence-electron chi connectivity index (χ1n) is 10.1. The average molecular weight is 551 g/mol. The first-order chi connectivity index (χ1) is 16.0. The zero-order valence-corrected chi connectivity index (χ0v) is 21.5. The van der Waals surface area contributed by atoms with Gasteiger partial charge in [-0.05, 0) is 63.3 Å². The first kappa shape index (κ1) is 28.5. The fourth-order valence-electron chi connectivity index (χ4n) is 3.40. The van der Waals surface area contributed by atoms with Gasteiger partial charge in [0.25, 0.3) is 5.91 Å². The molecule has 3 aromatic rings. The summed E-state index contributed by atoms with van der Waals surface area (Å²) in [6.07, 6.45) is 0.221. The van der Waals surface area contributed by atoms with Crippen LogP contribution < -0.4 is 35.1 Å². The maximum absolute atomic E-state index is 15.1. The number of halogens is 2. The summed E-state index contributed by atoms with van der Waals surface area (Å²) < 4.78 is 39.3. The van der Waals surface area contributed by atoms with Crippen molar-refractivity contribution in [3.8, 4) is 11.1 Å². The summed E-state index contributed by atoms with van der Waals surface area (Å²) in [6, 6.07) is 17.3. The number of allylic oxidation sites excluding steroid dienone is 1. The van der Waals surface area contributed by atoms with Crippen molar-refractivity contribution in [2.75, 3.05) is 5.32 Å². The number of anilines is 1. The summed E-state index contributed by atoms with van der Waals surface area (Å²) in [5, 5.41) is 17.3. The molecule has 0 unspecified atom stereocenters. The summed E-state index contributed by atoms with van der Waals surface area (Å²) in [4.78, 5) is 12.6. The van der Waals surface area contributed by atoms with Gasteiger partial charge in [-0.25, -0.2) is 17.9 Å². The van der Waals surface area contributed by atoms with E-state index >= 15 is 4.39 Å². The Bertz CT molecular complexity index is 1430. The fraction of sp³-hybridized carbons (Fsp3) is 0.0833. The van der Waals surface area contributed by atoms with Crippen LogP contribution in [-0.4, -0.2) is 20.2 Å². The molecule has 1 amide bonds. The second kappa shape index (κ2) is 11.8. The van der Waals surface area contributed by atoms with Crippen LogP contribution in [0.25, 0.3) is 22.1 Å². The molecule has 3 aromatic carbocycles. The van der Waals surface area contributed by atoms with Gasteiger partial charge in [-0.15, -0.1) is 0 Å². The molecule has 7 nitrogen and oxygen atoms in total.